The second-order valence-corrected chi connectivity index (χ2v) is 5.62. The van der Waals surface area contributed by atoms with E-state index in [0.717, 1.165) is 19.6 Å². The van der Waals surface area contributed by atoms with Gasteiger partial charge in [-0.25, -0.2) is 0 Å². The van der Waals surface area contributed by atoms with Gasteiger partial charge in [0.15, 0.2) is 0 Å². The Labute approximate surface area is 93.4 Å². The van der Waals surface area contributed by atoms with Crippen LogP contribution in [0.5, 0.6) is 0 Å². The van der Waals surface area contributed by atoms with Gasteiger partial charge >= 0.3 is 0 Å². The molecule has 0 spiro atoms. The first kappa shape index (κ1) is 12.9. The number of aliphatic hydroxyl groups excluding tert-OH is 1. The summed E-state index contributed by atoms with van der Waals surface area (Å²) in [7, 11) is 0. The fraction of sp³-hybridized carbons (Fsp3) is 1.00. The predicted octanol–water partition coefficient (Wildman–Crippen LogP) is 1.50. The lowest BCUT2D eigenvalue weighted by Crippen LogP contribution is -2.50. The van der Waals surface area contributed by atoms with Crippen LogP contribution in [0.2, 0.25) is 0 Å². The van der Waals surface area contributed by atoms with Crippen LogP contribution in [0.3, 0.4) is 0 Å². The Kier molecular flexibility index (Phi) is 4.15. The van der Waals surface area contributed by atoms with Crippen LogP contribution in [-0.2, 0) is 4.74 Å². The molecule has 0 bridgehead atoms. The van der Waals surface area contributed by atoms with Crippen LogP contribution in [0.15, 0.2) is 0 Å². The zero-order valence-electron chi connectivity index (χ0n) is 10.7. The summed E-state index contributed by atoms with van der Waals surface area (Å²) in [5, 5.41) is 9.68. The molecule has 1 rings (SSSR count). The number of nitrogens with zero attached hydrogens (tertiary/aromatic N) is 1. The van der Waals surface area contributed by atoms with Crippen LogP contribution in [0.4, 0.5) is 0 Å². The molecule has 1 aliphatic heterocycles. The van der Waals surface area contributed by atoms with Crippen molar-refractivity contribution in [1.82, 2.24) is 4.90 Å². The molecule has 3 nitrogen and oxygen atoms in total. The van der Waals surface area contributed by atoms with Gasteiger partial charge in [0, 0.05) is 25.0 Å². The van der Waals surface area contributed by atoms with Crippen LogP contribution in [0, 0.1) is 5.41 Å². The number of hydrogen-bond acceptors (Lipinski definition) is 3. The molecule has 15 heavy (non-hydrogen) atoms. The summed E-state index contributed by atoms with van der Waals surface area (Å²) < 4.78 is 5.69. The molecule has 0 aromatic carbocycles. The highest BCUT2D eigenvalue weighted by Crippen LogP contribution is 2.24. The fourth-order valence-electron chi connectivity index (χ4n) is 2.12. The molecule has 3 atom stereocenters. The minimum atomic E-state index is -0.272. The van der Waals surface area contributed by atoms with Gasteiger partial charge in [0.05, 0.1) is 18.3 Å². The van der Waals surface area contributed by atoms with Crippen molar-refractivity contribution in [1.29, 1.82) is 0 Å². The Balaban J connectivity index is 2.50. The van der Waals surface area contributed by atoms with Gasteiger partial charge in [0.2, 0.25) is 0 Å². The van der Waals surface area contributed by atoms with E-state index in [1.165, 1.54) is 0 Å². The molecular weight excluding hydrogens is 190 g/mol. The molecule has 0 aromatic rings. The van der Waals surface area contributed by atoms with E-state index in [1.54, 1.807) is 0 Å². The lowest BCUT2D eigenvalue weighted by molar-refractivity contribution is -0.0840. The SMILES string of the molecule is CC1CN(CC(C)(C)C(C)O)CC(C)O1. The molecule has 1 fully saturated rings. The first-order valence-electron chi connectivity index (χ1n) is 5.87. The average Bonchev–Trinajstić information content (AvgIpc) is 1.99. The van der Waals surface area contributed by atoms with Crippen LogP contribution < -0.4 is 0 Å². The standard InChI is InChI=1S/C12H25NO2/c1-9-6-13(7-10(2)15-9)8-12(4,5)11(3)14/h9-11,14H,6-8H2,1-5H3. The molecule has 1 saturated heterocycles. The van der Waals surface area contributed by atoms with E-state index in [2.05, 4.69) is 32.6 Å². The number of aliphatic hydroxyl groups is 1. The number of morpholine rings is 1. The summed E-state index contributed by atoms with van der Waals surface area (Å²) in [6, 6.07) is 0. The zero-order valence-corrected chi connectivity index (χ0v) is 10.7. The Hall–Kier alpha value is -0.120. The first-order chi connectivity index (χ1) is 6.81. The fourth-order valence-corrected chi connectivity index (χ4v) is 2.12. The van der Waals surface area contributed by atoms with Crippen LogP contribution in [0.1, 0.15) is 34.6 Å². The minimum Gasteiger partial charge on any atom is -0.393 e. The van der Waals surface area contributed by atoms with Crippen LogP contribution in [-0.4, -0.2) is 48.0 Å². The maximum absolute atomic E-state index is 9.68. The molecule has 3 unspecified atom stereocenters. The van der Waals surface area contributed by atoms with Crippen molar-refractivity contribution >= 4 is 0 Å². The minimum absolute atomic E-state index is 0.0449. The van der Waals surface area contributed by atoms with E-state index in [0.29, 0.717) is 12.2 Å². The number of ether oxygens (including phenoxy) is 1. The van der Waals surface area contributed by atoms with Crippen molar-refractivity contribution in [3.05, 3.63) is 0 Å². The van der Waals surface area contributed by atoms with Gasteiger partial charge in [0.1, 0.15) is 0 Å². The molecule has 0 amide bonds. The second-order valence-electron chi connectivity index (χ2n) is 5.62. The molecular formula is C12H25NO2. The largest absolute Gasteiger partial charge is 0.393 e. The summed E-state index contributed by atoms with van der Waals surface area (Å²) in [5.74, 6) is 0. The molecule has 1 N–H and O–H groups in total. The summed E-state index contributed by atoms with van der Waals surface area (Å²) in [6.45, 7) is 13.2. The zero-order chi connectivity index (χ0) is 11.6. The van der Waals surface area contributed by atoms with Crippen molar-refractivity contribution < 1.29 is 9.84 Å². The third-order valence-corrected chi connectivity index (χ3v) is 3.26. The smallest absolute Gasteiger partial charge is 0.0678 e. The molecule has 0 aromatic heterocycles. The second kappa shape index (κ2) is 4.81. The van der Waals surface area contributed by atoms with E-state index >= 15 is 0 Å². The quantitative estimate of drug-likeness (QED) is 0.774. The van der Waals surface area contributed by atoms with Gasteiger partial charge in [-0.05, 0) is 20.8 Å². The highest BCUT2D eigenvalue weighted by atomic mass is 16.5. The lowest BCUT2D eigenvalue weighted by atomic mass is 9.86. The topological polar surface area (TPSA) is 32.7 Å². The molecule has 3 heteroatoms. The summed E-state index contributed by atoms with van der Waals surface area (Å²) in [4.78, 5) is 2.39. The van der Waals surface area contributed by atoms with E-state index in [-0.39, 0.29) is 11.5 Å². The van der Waals surface area contributed by atoms with Gasteiger partial charge in [-0.1, -0.05) is 13.8 Å². The van der Waals surface area contributed by atoms with Gasteiger partial charge in [0.25, 0.3) is 0 Å². The number of rotatable bonds is 3. The normalized spacial score (nSPS) is 31.6. The maximum atomic E-state index is 9.68. The van der Waals surface area contributed by atoms with E-state index in [1.807, 2.05) is 6.92 Å². The molecule has 0 radical (unpaired) electrons. The van der Waals surface area contributed by atoms with Crippen molar-refractivity contribution in [2.75, 3.05) is 19.6 Å². The van der Waals surface area contributed by atoms with Crippen LogP contribution >= 0.6 is 0 Å². The Morgan fingerprint density at radius 2 is 1.80 bits per heavy atom. The third-order valence-electron chi connectivity index (χ3n) is 3.26. The van der Waals surface area contributed by atoms with Gasteiger partial charge in [-0.3, -0.25) is 4.90 Å². The van der Waals surface area contributed by atoms with Gasteiger partial charge < -0.3 is 9.84 Å². The van der Waals surface area contributed by atoms with Crippen molar-refractivity contribution in [2.45, 2.75) is 52.9 Å². The van der Waals surface area contributed by atoms with Crippen LogP contribution in [0.25, 0.3) is 0 Å². The molecule has 90 valence electrons. The third kappa shape index (κ3) is 3.74. The molecule has 0 saturated carbocycles. The summed E-state index contributed by atoms with van der Waals surface area (Å²) in [6.07, 6.45) is 0.336. The average molecular weight is 215 g/mol. The van der Waals surface area contributed by atoms with E-state index in [4.69, 9.17) is 4.74 Å². The Morgan fingerprint density at radius 3 is 2.20 bits per heavy atom. The van der Waals surface area contributed by atoms with Crippen molar-refractivity contribution in [2.24, 2.45) is 5.41 Å². The highest BCUT2D eigenvalue weighted by molar-refractivity contribution is 4.82. The highest BCUT2D eigenvalue weighted by Gasteiger charge is 2.30. The summed E-state index contributed by atoms with van der Waals surface area (Å²) >= 11 is 0. The van der Waals surface area contributed by atoms with E-state index < -0.39 is 0 Å². The predicted molar refractivity (Wildman–Crippen MR) is 61.9 cm³/mol. The van der Waals surface area contributed by atoms with Crippen molar-refractivity contribution in [3.63, 3.8) is 0 Å². The number of hydrogen-bond donors (Lipinski definition) is 1. The Morgan fingerprint density at radius 1 is 1.33 bits per heavy atom. The molecule has 1 aliphatic rings. The maximum Gasteiger partial charge on any atom is 0.0678 e. The monoisotopic (exact) mass is 215 g/mol. The molecule has 0 aliphatic carbocycles. The van der Waals surface area contributed by atoms with Gasteiger partial charge in [-0.2, -0.15) is 0 Å². The molecule has 1 heterocycles. The van der Waals surface area contributed by atoms with Gasteiger partial charge in [-0.15, -0.1) is 0 Å². The van der Waals surface area contributed by atoms with E-state index in [9.17, 15) is 5.11 Å². The Bertz CT molecular complexity index is 194. The first-order valence-corrected chi connectivity index (χ1v) is 5.87. The van der Waals surface area contributed by atoms with Crippen molar-refractivity contribution in [3.8, 4) is 0 Å². The summed E-state index contributed by atoms with van der Waals surface area (Å²) in [5.41, 5.74) is -0.0449. The lowest BCUT2D eigenvalue weighted by Gasteiger charge is -2.40.